The van der Waals surface area contributed by atoms with E-state index in [-0.39, 0.29) is 18.0 Å². The Bertz CT molecular complexity index is 1430. The summed E-state index contributed by atoms with van der Waals surface area (Å²) >= 11 is 10.7. The van der Waals surface area contributed by atoms with Crippen LogP contribution in [0.4, 0.5) is 0 Å². The van der Waals surface area contributed by atoms with Crippen LogP contribution in [-0.4, -0.2) is 52.7 Å². The molecule has 0 aliphatic rings. The number of thioether (sulfide) groups is 1. The van der Waals surface area contributed by atoms with Gasteiger partial charge in [-0.15, -0.1) is 5.10 Å². The smallest absolute Gasteiger partial charge is 0.243 e. The van der Waals surface area contributed by atoms with Crippen LogP contribution in [0.1, 0.15) is 5.56 Å². The molecule has 0 fully saturated rings. The Balaban J connectivity index is 1.36. The number of halogens is 2. The van der Waals surface area contributed by atoms with E-state index in [9.17, 15) is 13.2 Å². The Labute approximate surface area is 233 Å². The zero-order valence-corrected chi connectivity index (χ0v) is 23.4. The summed E-state index contributed by atoms with van der Waals surface area (Å²) in [7, 11) is -3.93. The summed E-state index contributed by atoms with van der Waals surface area (Å²) in [4.78, 5) is 17.3. The molecule has 1 amide bonds. The van der Waals surface area contributed by atoms with Gasteiger partial charge in [-0.25, -0.2) is 13.4 Å². The van der Waals surface area contributed by atoms with E-state index < -0.39 is 15.9 Å². The molecule has 8 nitrogen and oxygen atoms in total. The summed E-state index contributed by atoms with van der Waals surface area (Å²) in [6, 6.07) is 22.8. The lowest BCUT2D eigenvalue weighted by atomic mass is 10.2. The van der Waals surface area contributed by atoms with Gasteiger partial charge in [-0.2, -0.15) is 4.31 Å². The number of carbonyl (C=O) groups excluding carboxylic acids is 1. The second-order valence-corrected chi connectivity index (χ2v) is 12.2. The van der Waals surface area contributed by atoms with Crippen LogP contribution in [0.25, 0.3) is 11.4 Å². The molecule has 0 radical (unpaired) electrons. The molecule has 0 unspecified atom stereocenters. The molecule has 0 spiro atoms. The van der Waals surface area contributed by atoms with Crippen molar-refractivity contribution < 1.29 is 13.2 Å². The molecule has 0 aliphatic heterocycles. The van der Waals surface area contributed by atoms with E-state index in [1.54, 1.807) is 36.4 Å². The van der Waals surface area contributed by atoms with Crippen LogP contribution in [0, 0.1) is 0 Å². The zero-order valence-electron chi connectivity index (χ0n) is 19.5. The van der Waals surface area contributed by atoms with Crippen molar-refractivity contribution in [3.8, 4) is 11.4 Å². The first-order chi connectivity index (χ1) is 17.8. The number of sulfonamides is 1. The van der Waals surface area contributed by atoms with Crippen molar-refractivity contribution in [2.75, 3.05) is 18.8 Å². The van der Waals surface area contributed by atoms with E-state index in [0.717, 1.165) is 14.3 Å². The standard InChI is InChI=1S/C25H23BrClN5O3S2/c26-20-8-12-22(13-9-20)37(34,35)32(16-18-6-10-21(27)11-7-18)17-23(33)28-14-15-36-25-29-24(30-31-25)19-4-2-1-3-5-19/h1-13H,14-17H2,(H,28,33)(H,29,30,31). The molecule has 4 rings (SSSR count). The second-order valence-electron chi connectivity index (χ2n) is 7.88. The van der Waals surface area contributed by atoms with Gasteiger partial charge in [-0.1, -0.05) is 81.8 Å². The molecule has 4 aromatic rings. The molecule has 2 N–H and O–H groups in total. The molecular weight excluding hydrogens is 598 g/mol. The summed E-state index contributed by atoms with van der Waals surface area (Å²) in [6.07, 6.45) is 0. The highest BCUT2D eigenvalue weighted by atomic mass is 79.9. The van der Waals surface area contributed by atoms with Crippen LogP contribution < -0.4 is 5.32 Å². The maximum Gasteiger partial charge on any atom is 0.243 e. The van der Waals surface area contributed by atoms with Crippen molar-refractivity contribution in [1.82, 2.24) is 24.8 Å². The number of rotatable bonds is 11. The monoisotopic (exact) mass is 619 g/mol. The topological polar surface area (TPSA) is 108 Å². The van der Waals surface area contributed by atoms with Gasteiger partial charge in [0.2, 0.25) is 21.1 Å². The molecule has 192 valence electrons. The van der Waals surface area contributed by atoms with E-state index in [0.29, 0.717) is 33.9 Å². The average molecular weight is 621 g/mol. The fourth-order valence-electron chi connectivity index (χ4n) is 3.36. The molecule has 37 heavy (non-hydrogen) atoms. The van der Waals surface area contributed by atoms with Crippen LogP contribution in [0.3, 0.4) is 0 Å². The maximum absolute atomic E-state index is 13.4. The van der Waals surface area contributed by atoms with E-state index in [1.165, 1.54) is 23.9 Å². The van der Waals surface area contributed by atoms with E-state index in [1.807, 2.05) is 30.3 Å². The normalized spacial score (nSPS) is 11.5. The van der Waals surface area contributed by atoms with Gasteiger partial charge in [-0.3, -0.25) is 9.89 Å². The number of benzene rings is 3. The number of H-pyrrole nitrogens is 1. The van der Waals surface area contributed by atoms with Gasteiger partial charge in [0.15, 0.2) is 5.82 Å². The average Bonchev–Trinajstić information content (AvgIpc) is 3.37. The molecule has 0 atom stereocenters. The summed E-state index contributed by atoms with van der Waals surface area (Å²) < 4.78 is 28.6. The number of hydrogen-bond acceptors (Lipinski definition) is 6. The van der Waals surface area contributed by atoms with Gasteiger partial charge >= 0.3 is 0 Å². The van der Waals surface area contributed by atoms with Gasteiger partial charge < -0.3 is 5.32 Å². The number of amides is 1. The van der Waals surface area contributed by atoms with Crippen LogP contribution in [0.5, 0.6) is 0 Å². The predicted molar refractivity (Wildman–Crippen MR) is 149 cm³/mol. The third-order valence-corrected chi connectivity index (χ3v) is 8.65. The van der Waals surface area contributed by atoms with Crippen molar-refractivity contribution in [1.29, 1.82) is 0 Å². The fraction of sp³-hybridized carbons (Fsp3) is 0.160. The number of nitrogens with zero attached hydrogens (tertiary/aromatic N) is 3. The SMILES string of the molecule is O=C(CN(Cc1ccc(Cl)cc1)S(=O)(=O)c1ccc(Br)cc1)NCCSc1n[nH]c(-c2ccccc2)n1. The Morgan fingerprint density at radius 1 is 1.03 bits per heavy atom. The number of carbonyl (C=O) groups is 1. The number of aromatic amines is 1. The lowest BCUT2D eigenvalue weighted by Crippen LogP contribution is -2.40. The number of hydrogen-bond donors (Lipinski definition) is 2. The van der Waals surface area contributed by atoms with Crippen LogP contribution in [0.15, 0.2) is 93.4 Å². The summed E-state index contributed by atoms with van der Waals surface area (Å²) in [5.41, 5.74) is 1.65. The minimum Gasteiger partial charge on any atom is -0.354 e. The summed E-state index contributed by atoms with van der Waals surface area (Å²) in [5, 5.41) is 11.0. The Hall–Kier alpha value is -2.70. The van der Waals surface area contributed by atoms with Gasteiger partial charge in [0, 0.05) is 33.9 Å². The highest BCUT2D eigenvalue weighted by Crippen LogP contribution is 2.22. The first-order valence-electron chi connectivity index (χ1n) is 11.2. The highest BCUT2D eigenvalue weighted by molar-refractivity contribution is 9.10. The fourth-order valence-corrected chi connectivity index (χ4v) is 5.79. The quantitative estimate of drug-likeness (QED) is 0.181. The van der Waals surface area contributed by atoms with Gasteiger partial charge in [0.1, 0.15) is 0 Å². The number of aromatic nitrogens is 3. The molecule has 1 heterocycles. The third kappa shape index (κ3) is 7.65. The lowest BCUT2D eigenvalue weighted by Gasteiger charge is -2.22. The minimum atomic E-state index is -3.93. The third-order valence-electron chi connectivity index (χ3n) is 5.21. The molecular formula is C25H23BrClN5O3S2. The largest absolute Gasteiger partial charge is 0.354 e. The second kappa shape index (κ2) is 12.7. The van der Waals surface area contributed by atoms with E-state index in [4.69, 9.17) is 11.6 Å². The number of nitrogens with one attached hydrogen (secondary N) is 2. The summed E-state index contributed by atoms with van der Waals surface area (Å²) in [5.74, 6) is 0.785. The van der Waals surface area contributed by atoms with Crippen molar-refractivity contribution in [3.63, 3.8) is 0 Å². The van der Waals surface area contributed by atoms with Crippen LogP contribution >= 0.6 is 39.3 Å². The lowest BCUT2D eigenvalue weighted by molar-refractivity contribution is -0.121. The Morgan fingerprint density at radius 3 is 2.43 bits per heavy atom. The van der Waals surface area contributed by atoms with Crippen molar-refractivity contribution in [3.05, 3.63) is 93.9 Å². The summed E-state index contributed by atoms with van der Waals surface area (Å²) in [6.45, 7) is 0.0213. The van der Waals surface area contributed by atoms with E-state index in [2.05, 4.69) is 36.4 Å². The van der Waals surface area contributed by atoms with Crippen molar-refractivity contribution >= 4 is 55.2 Å². The van der Waals surface area contributed by atoms with Crippen LogP contribution in [0.2, 0.25) is 5.02 Å². The molecule has 0 bridgehead atoms. The Kier molecular flexibility index (Phi) is 9.38. The first kappa shape index (κ1) is 27.3. The molecule has 0 aliphatic carbocycles. The van der Waals surface area contributed by atoms with Crippen LogP contribution in [-0.2, 0) is 21.4 Å². The van der Waals surface area contributed by atoms with Gasteiger partial charge in [-0.05, 0) is 42.0 Å². The molecule has 0 saturated carbocycles. The zero-order chi connectivity index (χ0) is 26.3. The Morgan fingerprint density at radius 2 is 1.73 bits per heavy atom. The minimum absolute atomic E-state index is 0.0250. The molecule has 3 aromatic carbocycles. The van der Waals surface area contributed by atoms with Crippen molar-refractivity contribution in [2.45, 2.75) is 16.6 Å². The van der Waals surface area contributed by atoms with Gasteiger partial charge in [0.25, 0.3) is 0 Å². The molecule has 1 aromatic heterocycles. The highest BCUT2D eigenvalue weighted by Gasteiger charge is 2.27. The first-order valence-corrected chi connectivity index (χ1v) is 14.8. The maximum atomic E-state index is 13.4. The van der Waals surface area contributed by atoms with Crippen molar-refractivity contribution in [2.24, 2.45) is 0 Å². The van der Waals surface area contributed by atoms with E-state index >= 15 is 0 Å². The predicted octanol–water partition coefficient (Wildman–Crippen LogP) is 4.99. The van der Waals surface area contributed by atoms with Gasteiger partial charge in [0.05, 0.1) is 11.4 Å². The molecule has 0 saturated heterocycles. The molecule has 12 heteroatoms.